The van der Waals surface area contributed by atoms with E-state index in [2.05, 4.69) is 16.0 Å². The summed E-state index contributed by atoms with van der Waals surface area (Å²) in [6.07, 6.45) is 2.86. The minimum absolute atomic E-state index is 0.000697. The Balaban J connectivity index is 1.26. The van der Waals surface area contributed by atoms with Gasteiger partial charge in [0, 0.05) is 41.6 Å². The number of carbonyl (C=O) groups excluding carboxylic acids is 3. The summed E-state index contributed by atoms with van der Waals surface area (Å²) < 4.78 is 5.24. The van der Waals surface area contributed by atoms with E-state index in [1.807, 2.05) is 25.1 Å². The van der Waals surface area contributed by atoms with Crippen LogP contribution in [0.25, 0.3) is 0 Å². The normalized spacial score (nSPS) is 13.9. The third-order valence-corrected chi connectivity index (χ3v) is 5.61. The molecule has 33 heavy (non-hydrogen) atoms. The molecule has 8 nitrogen and oxygen atoms in total. The van der Waals surface area contributed by atoms with Crippen LogP contribution in [0.1, 0.15) is 39.3 Å². The Hall–Kier alpha value is -4.07. The van der Waals surface area contributed by atoms with E-state index in [0.29, 0.717) is 48.6 Å². The lowest BCUT2D eigenvalue weighted by Crippen LogP contribution is -2.46. The SMILES string of the molecule is Cc1ccoc1C(=O)NC1CCN(C(=O)c2ccc(NC(=O)Nc3ccccc3)cc2)CC1. The maximum atomic E-state index is 12.9. The van der Waals surface area contributed by atoms with E-state index in [1.54, 1.807) is 47.4 Å². The molecule has 0 unspecified atom stereocenters. The van der Waals surface area contributed by atoms with Gasteiger partial charge in [0.2, 0.25) is 0 Å². The molecule has 2 heterocycles. The molecule has 0 atom stereocenters. The molecule has 1 aliphatic rings. The number of piperidine rings is 1. The van der Waals surface area contributed by atoms with Crippen molar-refractivity contribution in [2.24, 2.45) is 0 Å². The minimum Gasteiger partial charge on any atom is -0.459 e. The van der Waals surface area contributed by atoms with E-state index in [0.717, 1.165) is 5.56 Å². The molecule has 170 valence electrons. The van der Waals surface area contributed by atoms with Gasteiger partial charge < -0.3 is 25.3 Å². The predicted octanol–water partition coefficient (Wildman–Crippen LogP) is 4.27. The number of benzene rings is 2. The monoisotopic (exact) mass is 446 g/mol. The topological polar surface area (TPSA) is 104 Å². The molecule has 1 fully saturated rings. The number of aryl methyl sites for hydroxylation is 1. The summed E-state index contributed by atoms with van der Waals surface area (Å²) in [5, 5.41) is 8.49. The standard InChI is InChI=1S/C25H26N4O4/c1-17-13-16-33-22(17)23(30)26-21-11-14-29(15-12-21)24(31)18-7-9-20(10-8-18)28-25(32)27-19-5-3-2-4-6-19/h2-10,13,16,21H,11-12,14-15H2,1H3,(H,26,30)(H2,27,28,32). The van der Waals surface area contributed by atoms with E-state index >= 15 is 0 Å². The smallest absolute Gasteiger partial charge is 0.323 e. The third kappa shape index (κ3) is 5.60. The second-order valence-electron chi connectivity index (χ2n) is 8.00. The van der Waals surface area contributed by atoms with Crippen molar-refractivity contribution in [3.63, 3.8) is 0 Å². The van der Waals surface area contributed by atoms with Crippen molar-refractivity contribution in [2.75, 3.05) is 23.7 Å². The largest absolute Gasteiger partial charge is 0.459 e. The van der Waals surface area contributed by atoms with Gasteiger partial charge in [0.05, 0.1) is 6.26 Å². The van der Waals surface area contributed by atoms with Gasteiger partial charge in [-0.3, -0.25) is 9.59 Å². The van der Waals surface area contributed by atoms with E-state index in [4.69, 9.17) is 4.42 Å². The van der Waals surface area contributed by atoms with E-state index < -0.39 is 0 Å². The predicted molar refractivity (Wildman–Crippen MR) is 125 cm³/mol. The number of hydrogen-bond acceptors (Lipinski definition) is 4. The molecule has 3 aromatic rings. The van der Waals surface area contributed by atoms with Crippen LogP contribution >= 0.6 is 0 Å². The van der Waals surface area contributed by atoms with Gasteiger partial charge >= 0.3 is 6.03 Å². The number of hydrogen-bond donors (Lipinski definition) is 3. The summed E-state index contributed by atoms with van der Waals surface area (Å²) in [6, 6.07) is 17.4. The van der Waals surface area contributed by atoms with Gasteiger partial charge in [0.25, 0.3) is 11.8 Å². The Bertz CT molecular complexity index is 1120. The van der Waals surface area contributed by atoms with E-state index in [1.165, 1.54) is 6.26 Å². The molecule has 0 saturated carbocycles. The zero-order chi connectivity index (χ0) is 23.2. The van der Waals surface area contributed by atoms with Gasteiger partial charge in [-0.15, -0.1) is 0 Å². The molecular weight excluding hydrogens is 420 g/mol. The average molecular weight is 447 g/mol. The molecule has 1 saturated heterocycles. The summed E-state index contributed by atoms with van der Waals surface area (Å²) in [5.41, 5.74) is 2.64. The lowest BCUT2D eigenvalue weighted by Gasteiger charge is -2.32. The van der Waals surface area contributed by atoms with Crippen LogP contribution in [0.4, 0.5) is 16.2 Å². The number of amides is 4. The van der Waals surface area contributed by atoms with Crippen molar-refractivity contribution in [1.29, 1.82) is 0 Å². The maximum Gasteiger partial charge on any atom is 0.323 e. The van der Waals surface area contributed by atoms with Crippen molar-refractivity contribution in [3.05, 3.63) is 83.8 Å². The minimum atomic E-state index is -0.353. The third-order valence-electron chi connectivity index (χ3n) is 5.61. The first kappa shape index (κ1) is 22.1. The molecule has 0 aliphatic carbocycles. The fourth-order valence-electron chi connectivity index (χ4n) is 3.78. The first-order chi connectivity index (χ1) is 16.0. The summed E-state index contributed by atoms with van der Waals surface area (Å²) in [4.78, 5) is 39.1. The van der Waals surface area contributed by atoms with Crippen LogP contribution in [-0.2, 0) is 0 Å². The Morgan fingerprint density at radius 2 is 1.52 bits per heavy atom. The van der Waals surface area contributed by atoms with Gasteiger partial charge in [0.1, 0.15) is 0 Å². The number of nitrogens with one attached hydrogen (secondary N) is 3. The molecule has 0 spiro atoms. The Labute approximate surface area is 192 Å². The zero-order valence-electron chi connectivity index (χ0n) is 18.3. The number of carbonyl (C=O) groups is 3. The molecule has 0 bridgehead atoms. The number of urea groups is 1. The summed E-state index contributed by atoms with van der Waals surface area (Å²) in [5.74, 6) is 0.0447. The number of para-hydroxylation sites is 1. The van der Waals surface area contributed by atoms with E-state index in [-0.39, 0.29) is 23.9 Å². The Morgan fingerprint density at radius 1 is 0.879 bits per heavy atom. The first-order valence-electron chi connectivity index (χ1n) is 10.9. The van der Waals surface area contributed by atoms with Gasteiger partial charge in [-0.1, -0.05) is 18.2 Å². The Kier molecular flexibility index (Phi) is 6.73. The summed E-state index contributed by atoms with van der Waals surface area (Å²) in [6.45, 7) is 2.94. The van der Waals surface area contributed by atoms with Crippen molar-refractivity contribution < 1.29 is 18.8 Å². The van der Waals surface area contributed by atoms with Crippen molar-refractivity contribution >= 4 is 29.2 Å². The van der Waals surface area contributed by atoms with Crippen LogP contribution < -0.4 is 16.0 Å². The van der Waals surface area contributed by atoms with Crippen LogP contribution in [0.5, 0.6) is 0 Å². The lowest BCUT2D eigenvalue weighted by atomic mass is 10.0. The highest BCUT2D eigenvalue weighted by Gasteiger charge is 2.26. The number of anilines is 2. The van der Waals surface area contributed by atoms with Crippen LogP contribution in [0.2, 0.25) is 0 Å². The molecule has 2 aromatic carbocycles. The summed E-state index contributed by atoms with van der Waals surface area (Å²) >= 11 is 0. The number of furan rings is 1. The summed E-state index contributed by atoms with van der Waals surface area (Å²) in [7, 11) is 0. The number of nitrogens with zero attached hydrogens (tertiary/aromatic N) is 1. The van der Waals surface area contributed by atoms with Crippen molar-refractivity contribution in [3.8, 4) is 0 Å². The fraction of sp³-hybridized carbons (Fsp3) is 0.240. The molecule has 0 radical (unpaired) electrons. The van der Waals surface area contributed by atoms with Crippen molar-refractivity contribution in [2.45, 2.75) is 25.8 Å². The van der Waals surface area contributed by atoms with Crippen LogP contribution in [-0.4, -0.2) is 41.9 Å². The highest BCUT2D eigenvalue weighted by atomic mass is 16.3. The van der Waals surface area contributed by atoms with Gasteiger partial charge in [0.15, 0.2) is 5.76 Å². The number of likely N-dealkylation sites (tertiary alicyclic amines) is 1. The highest BCUT2D eigenvalue weighted by Crippen LogP contribution is 2.18. The number of rotatable bonds is 5. The average Bonchev–Trinajstić information content (AvgIpc) is 3.26. The molecule has 4 rings (SSSR count). The second kappa shape index (κ2) is 10.0. The van der Waals surface area contributed by atoms with Crippen molar-refractivity contribution in [1.82, 2.24) is 10.2 Å². The lowest BCUT2D eigenvalue weighted by molar-refractivity contribution is 0.0695. The van der Waals surface area contributed by atoms with Gasteiger partial charge in [-0.05, 0) is 62.2 Å². The maximum absolute atomic E-state index is 12.9. The molecular formula is C25H26N4O4. The van der Waals surface area contributed by atoms with Gasteiger partial charge in [-0.2, -0.15) is 0 Å². The molecule has 1 aliphatic heterocycles. The quantitative estimate of drug-likeness (QED) is 0.545. The molecule has 8 heteroatoms. The molecule has 3 N–H and O–H groups in total. The zero-order valence-corrected chi connectivity index (χ0v) is 18.3. The highest BCUT2D eigenvalue weighted by molar-refractivity contribution is 6.00. The van der Waals surface area contributed by atoms with Gasteiger partial charge in [-0.25, -0.2) is 4.79 Å². The van der Waals surface area contributed by atoms with Crippen LogP contribution in [0.15, 0.2) is 71.3 Å². The van der Waals surface area contributed by atoms with Crippen LogP contribution in [0, 0.1) is 6.92 Å². The molecule has 4 amide bonds. The fourth-order valence-corrected chi connectivity index (χ4v) is 3.78. The molecule has 1 aromatic heterocycles. The second-order valence-corrected chi connectivity index (χ2v) is 8.00. The van der Waals surface area contributed by atoms with Crippen LogP contribution in [0.3, 0.4) is 0 Å². The van der Waals surface area contributed by atoms with E-state index in [9.17, 15) is 14.4 Å². The first-order valence-corrected chi connectivity index (χ1v) is 10.9. The Morgan fingerprint density at radius 3 is 2.12 bits per heavy atom.